The molecule has 0 saturated heterocycles. The van der Waals surface area contributed by atoms with Crippen molar-refractivity contribution in [2.24, 2.45) is 5.73 Å². The quantitative estimate of drug-likeness (QED) is 0.593. The number of rotatable bonds is 9. The maximum Gasteiger partial charge on any atom is 0.303 e. The van der Waals surface area contributed by atoms with Gasteiger partial charge in [0.2, 0.25) is 10.0 Å². The van der Waals surface area contributed by atoms with Gasteiger partial charge in [0.1, 0.15) is 5.75 Å². The number of nitrogens with one attached hydrogen (secondary N) is 1. The van der Waals surface area contributed by atoms with Crippen LogP contribution in [-0.4, -0.2) is 37.8 Å². The van der Waals surface area contributed by atoms with Gasteiger partial charge < -0.3 is 15.6 Å². The van der Waals surface area contributed by atoms with Crippen molar-refractivity contribution in [1.29, 1.82) is 0 Å². The van der Waals surface area contributed by atoms with Crippen LogP contribution in [0.15, 0.2) is 24.3 Å². The lowest BCUT2D eigenvalue weighted by Gasteiger charge is -2.09. The van der Waals surface area contributed by atoms with Gasteiger partial charge in [0.25, 0.3) is 5.91 Å². The molecule has 0 unspecified atom stereocenters. The zero-order chi connectivity index (χ0) is 15.9. The molecule has 1 aromatic carbocycles. The van der Waals surface area contributed by atoms with E-state index < -0.39 is 21.9 Å². The minimum atomic E-state index is -3.64. The maximum absolute atomic E-state index is 11.7. The summed E-state index contributed by atoms with van der Waals surface area (Å²) in [6, 6.07) is 6.00. The van der Waals surface area contributed by atoms with Crippen LogP contribution in [0.1, 0.15) is 12.8 Å². The largest absolute Gasteiger partial charge is 0.484 e. The molecule has 0 aliphatic heterocycles. The van der Waals surface area contributed by atoms with Crippen LogP contribution >= 0.6 is 0 Å². The maximum atomic E-state index is 11.7. The molecular weight excluding hydrogens is 300 g/mol. The van der Waals surface area contributed by atoms with Crippen LogP contribution in [0.25, 0.3) is 0 Å². The van der Waals surface area contributed by atoms with Crippen LogP contribution in [0.3, 0.4) is 0 Å². The molecule has 0 fully saturated rings. The minimum Gasteiger partial charge on any atom is -0.484 e. The van der Waals surface area contributed by atoms with Crippen molar-refractivity contribution in [2.75, 3.05) is 17.1 Å². The normalized spacial score (nSPS) is 10.9. The molecule has 1 amide bonds. The summed E-state index contributed by atoms with van der Waals surface area (Å²) in [6.45, 7) is -0.311. The monoisotopic (exact) mass is 316 g/mol. The van der Waals surface area contributed by atoms with Gasteiger partial charge in [-0.3, -0.25) is 14.3 Å². The van der Waals surface area contributed by atoms with E-state index in [9.17, 15) is 18.0 Å². The first-order valence-corrected chi connectivity index (χ1v) is 7.67. The second-order valence-electron chi connectivity index (χ2n) is 4.20. The molecule has 4 N–H and O–H groups in total. The average Bonchev–Trinajstić information content (AvgIpc) is 2.35. The Bertz CT molecular complexity index is 614. The molecule has 1 aromatic rings. The van der Waals surface area contributed by atoms with Gasteiger partial charge in [-0.25, -0.2) is 8.42 Å². The number of carbonyl (C=O) groups excluding carboxylic acids is 1. The van der Waals surface area contributed by atoms with Crippen molar-refractivity contribution in [3.63, 3.8) is 0 Å². The van der Waals surface area contributed by atoms with Crippen LogP contribution in [0, 0.1) is 0 Å². The highest BCUT2D eigenvalue weighted by molar-refractivity contribution is 7.92. The molecule has 0 saturated carbocycles. The fourth-order valence-corrected chi connectivity index (χ4v) is 2.56. The fourth-order valence-electron chi connectivity index (χ4n) is 1.45. The van der Waals surface area contributed by atoms with E-state index in [4.69, 9.17) is 15.6 Å². The third-order valence-electron chi connectivity index (χ3n) is 2.29. The number of sulfonamides is 1. The van der Waals surface area contributed by atoms with Crippen molar-refractivity contribution in [3.05, 3.63) is 24.3 Å². The molecule has 1 rings (SSSR count). The number of carboxylic acids is 1. The van der Waals surface area contributed by atoms with Crippen LogP contribution in [-0.2, 0) is 19.6 Å². The van der Waals surface area contributed by atoms with E-state index in [2.05, 4.69) is 4.72 Å². The van der Waals surface area contributed by atoms with Gasteiger partial charge in [-0.05, 0) is 18.6 Å². The smallest absolute Gasteiger partial charge is 0.303 e. The third-order valence-corrected chi connectivity index (χ3v) is 3.67. The van der Waals surface area contributed by atoms with E-state index in [0.29, 0.717) is 5.75 Å². The van der Waals surface area contributed by atoms with Crippen molar-refractivity contribution >= 4 is 27.6 Å². The number of hydrogen-bond acceptors (Lipinski definition) is 5. The van der Waals surface area contributed by atoms with Gasteiger partial charge in [0.05, 0.1) is 11.4 Å². The van der Waals surface area contributed by atoms with E-state index >= 15 is 0 Å². The van der Waals surface area contributed by atoms with Gasteiger partial charge in [0.15, 0.2) is 6.61 Å². The predicted octanol–water partition coefficient (Wildman–Crippen LogP) is 0.157. The second kappa shape index (κ2) is 7.48. The summed E-state index contributed by atoms with van der Waals surface area (Å²) in [5.41, 5.74) is 5.19. The van der Waals surface area contributed by atoms with Crippen molar-refractivity contribution in [1.82, 2.24) is 0 Å². The summed E-state index contributed by atoms with van der Waals surface area (Å²) in [7, 11) is -3.64. The molecule has 116 valence electrons. The summed E-state index contributed by atoms with van der Waals surface area (Å²) < 4.78 is 30.8. The molecule has 0 spiro atoms. The number of amides is 1. The van der Waals surface area contributed by atoms with Crippen molar-refractivity contribution < 1.29 is 27.9 Å². The van der Waals surface area contributed by atoms with E-state index in [0.717, 1.165) is 0 Å². The molecule has 0 aliphatic carbocycles. The SMILES string of the molecule is NC(=O)COc1cccc(NS(=O)(=O)CCCC(=O)O)c1. The summed E-state index contributed by atoms with van der Waals surface area (Å²) in [5, 5.41) is 8.47. The number of hydrogen-bond donors (Lipinski definition) is 3. The van der Waals surface area contributed by atoms with Gasteiger partial charge in [-0.2, -0.15) is 0 Å². The first-order valence-electron chi connectivity index (χ1n) is 6.02. The van der Waals surface area contributed by atoms with E-state index in [1.54, 1.807) is 12.1 Å². The molecule has 8 nitrogen and oxygen atoms in total. The van der Waals surface area contributed by atoms with Crippen LogP contribution in [0.5, 0.6) is 5.75 Å². The Labute approximate surface area is 122 Å². The Morgan fingerprint density at radius 1 is 1.33 bits per heavy atom. The Hall–Kier alpha value is -2.29. The number of nitrogens with two attached hydrogens (primary N) is 1. The van der Waals surface area contributed by atoms with Crippen molar-refractivity contribution in [2.45, 2.75) is 12.8 Å². The molecule has 21 heavy (non-hydrogen) atoms. The number of aliphatic carboxylic acids is 1. The summed E-state index contributed by atoms with van der Waals surface area (Å²) in [4.78, 5) is 20.9. The lowest BCUT2D eigenvalue weighted by Crippen LogP contribution is -2.20. The zero-order valence-electron chi connectivity index (χ0n) is 11.1. The molecule has 0 aromatic heterocycles. The number of carbonyl (C=O) groups is 2. The molecule has 0 atom stereocenters. The standard InChI is InChI=1S/C12H16N2O6S/c13-11(15)8-20-10-4-1-3-9(7-10)14-21(18,19)6-2-5-12(16)17/h1,3-4,7,14H,2,5-6,8H2,(H2,13,15)(H,16,17). The molecule has 0 aliphatic rings. The summed E-state index contributed by atoms with van der Waals surface area (Å²) in [5.74, 6) is -1.70. The lowest BCUT2D eigenvalue weighted by atomic mass is 10.3. The highest BCUT2D eigenvalue weighted by atomic mass is 32.2. The van der Waals surface area contributed by atoms with E-state index in [1.807, 2.05) is 0 Å². The van der Waals surface area contributed by atoms with E-state index in [-0.39, 0.29) is 30.9 Å². The summed E-state index contributed by atoms with van der Waals surface area (Å²) >= 11 is 0. The van der Waals surface area contributed by atoms with Crippen LogP contribution in [0.4, 0.5) is 5.69 Å². The molecule has 0 heterocycles. The zero-order valence-corrected chi connectivity index (χ0v) is 11.9. The van der Waals surface area contributed by atoms with E-state index in [1.165, 1.54) is 12.1 Å². The number of primary amides is 1. The molecule has 0 radical (unpaired) electrons. The molecular formula is C12H16N2O6S. The molecule has 0 bridgehead atoms. The van der Waals surface area contributed by atoms with Gasteiger partial charge in [-0.15, -0.1) is 0 Å². The highest BCUT2D eigenvalue weighted by Crippen LogP contribution is 2.18. The second-order valence-corrected chi connectivity index (χ2v) is 6.04. The van der Waals surface area contributed by atoms with Gasteiger partial charge >= 0.3 is 5.97 Å². The minimum absolute atomic E-state index is 0.0164. The van der Waals surface area contributed by atoms with Crippen LogP contribution < -0.4 is 15.2 Å². The number of benzene rings is 1. The Morgan fingerprint density at radius 2 is 2.05 bits per heavy atom. The van der Waals surface area contributed by atoms with Gasteiger partial charge in [0, 0.05) is 12.5 Å². The fraction of sp³-hybridized carbons (Fsp3) is 0.333. The van der Waals surface area contributed by atoms with Crippen molar-refractivity contribution in [3.8, 4) is 5.75 Å². The topological polar surface area (TPSA) is 136 Å². The Morgan fingerprint density at radius 3 is 2.67 bits per heavy atom. The number of anilines is 1. The third kappa shape index (κ3) is 7.16. The average molecular weight is 316 g/mol. The molecule has 9 heteroatoms. The Balaban J connectivity index is 2.62. The number of ether oxygens (including phenoxy) is 1. The number of carboxylic acid groups (broad SMARTS) is 1. The summed E-state index contributed by atoms with van der Waals surface area (Å²) in [6.07, 6.45) is -0.203. The highest BCUT2D eigenvalue weighted by Gasteiger charge is 2.12. The first-order chi connectivity index (χ1) is 9.78. The lowest BCUT2D eigenvalue weighted by molar-refractivity contribution is -0.137. The Kier molecular flexibility index (Phi) is 5.97. The predicted molar refractivity (Wildman–Crippen MR) is 75.4 cm³/mol. The van der Waals surface area contributed by atoms with Gasteiger partial charge in [-0.1, -0.05) is 6.07 Å². The first kappa shape index (κ1) is 16.8. The van der Waals surface area contributed by atoms with Crippen LogP contribution in [0.2, 0.25) is 0 Å².